The third-order valence-corrected chi connectivity index (χ3v) is 2.39. The zero-order valence-corrected chi connectivity index (χ0v) is 11.2. The Morgan fingerprint density at radius 3 is 2.12 bits per heavy atom. The molecule has 3 heteroatoms. The van der Waals surface area contributed by atoms with Gasteiger partial charge >= 0.3 is 0 Å². The standard InChI is InChI=1S/C13H26O3/c1-10(16-8-11(15)7-14)13(5,6)9-12(2,3)4/h11,14-15H,1,7-9H2,2-6H3. The summed E-state index contributed by atoms with van der Waals surface area (Å²) in [5, 5.41) is 17.9. The molecule has 2 N–H and O–H groups in total. The maximum atomic E-state index is 9.19. The molecule has 1 atom stereocenters. The van der Waals surface area contributed by atoms with Crippen molar-refractivity contribution < 1.29 is 14.9 Å². The van der Waals surface area contributed by atoms with Gasteiger partial charge in [-0.15, -0.1) is 0 Å². The van der Waals surface area contributed by atoms with Crippen molar-refractivity contribution in [1.82, 2.24) is 0 Å². The highest BCUT2D eigenvalue weighted by molar-refractivity contribution is 5.00. The normalized spacial score (nSPS) is 14.7. The lowest BCUT2D eigenvalue weighted by molar-refractivity contribution is 0.0123. The first kappa shape index (κ1) is 15.5. The molecule has 0 saturated heterocycles. The van der Waals surface area contributed by atoms with Gasteiger partial charge in [0.25, 0.3) is 0 Å². The smallest absolute Gasteiger partial charge is 0.116 e. The van der Waals surface area contributed by atoms with E-state index in [1.54, 1.807) is 0 Å². The van der Waals surface area contributed by atoms with Crippen LogP contribution in [0.3, 0.4) is 0 Å². The Morgan fingerprint density at radius 2 is 1.75 bits per heavy atom. The molecule has 0 spiro atoms. The van der Waals surface area contributed by atoms with Crippen LogP contribution in [0.4, 0.5) is 0 Å². The quantitative estimate of drug-likeness (QED) is 0.689. The van der Waals surface area contributed by atoms with Crippen LogP contribution >= 0.6 is 0 Å². The Labute approximate surface area is 99.1 Å². The fourth-order valence-electron chi connectivity index (χ4n) is 1.87. The molecule has 1 unspecified atom stereocenters. The molecule has 0 radical (unpaired) electrons. The topological polar surface area (TPSA) is 49.7 Å². The minimum absolute atomic E-state index is 0.100. The summed E-state index contributed by atoms with van der Waals surface area (Å²) < 4.78 is 5.40. The van der Waals surface area contributed by atoms with Crippen LogP contribution in [-0.4, -0.2) is 29.5 Å². The van der Waals surface area contributed by atoms with Crippen molar-refractivity contribution in [2.45, 2.75) is 47.1 Å². The Morgan fingerprint density at radius 1 is 1.25 bits per heavy atom. The molecule has 16 heavy (non-hydrogen) atoms. The van der Waals surface area contributed by atoms with Gasteiger partial charge in [0.05, 0.1) is 12.4 Å². The molecule has 0 fully saturated rings. The van der Waals surface area contributed by atoms with E-state index < -0.39 is 6.10 Å². The van der Waals surface area contributed by atoms with Crippen LogP contribution in [0.1, 0.15) is 41.0 Å². The summed E-state index contributed by atoms with van der Waals surface area (Å²) in [7, 11) is 0. The second-order valence-electron chi connectivity index (χ2n) is 6.19. The number of hydrogen-bond acceptors (Lipinski definition) is 3. The number of aliphatic hydroxyl groups is 2. The molecular weight excluding hydrogens is 204 g/mol. The Hall–Kier alpha value is -0.540. The van der Waals surface area contributed by atoms with Gasteiger partial charge in [0.15, 0.2) is 0 Å². The monoisotopic (exact) mass is 230 g/mol. The van der Waals surface area contributed by atoms with Crippen LogP contribution in [-0.2, 0) is 4.74 Å². The summed E-state index contributed by atoms with van der Waals surface area (Å²) in [5.41, 5.74) is 0.0683. The van der Waals surface area contributed by atoms with Gasteiger partial charge in [-0.1, -0.05) is 41.2 Å². The van der Waals surface area contributed by atoms with E-state index in [2.05, 4.69) is 41.2 Å². The number of ether oxygens (including phenoxy) is 1. The van der Waals surface area contributed by atoms with Gasteiger partial charge in [-0.3, -0.25) is 0 Å². The lowest BCUT2D eigenvalue weighted by atomic mass is 9.75. The van der Waals surface area contributed by atoms with Crippen molar-refractivity contribution in [3.8, 4) is 0 Å². The van der Waals surface area contributed by atoms with E-state index in [0.717, 1.165) is 6.42 Å². The Kier molecular flexibility index (Phi) is 5.50. The van der Waals surface area contributed by atoms with E-state index in [9.17, 15) is 5.11 Å². The molecule has 0 aliphatic rings. The van der Waals surface area contributed by atoms with Gasteiger partial charge < -0.3 is 14.9 Å². The van der Waals surface area contributed by atoms with Gasteiger partial charge in [-0.2, -0.15) is 0 Å². The lowest BCUT2D eigenvalue weighted by Gasteiger charge is -2.34. The molecule has 0 heterocycles. The fourth-order valence-corrected chi connectivity index (χ4v) is 1.87. The summed E-state index contributed by atoms with van der Waals surface area (Å²) in [6.07, 6.45) is 0.121. The first-order chi connectivity index (χ1) is 7.08. The molecular formula is C13H26O3. The van der Waals surface area contributed by atoms with Crippen LogP contribution < -0.4 is 0 Å². The molecule has 3 nitrogen and oxygen atoms in total. The Bertz CT molecular complexity index is 226. The van der Waals surface area contributed by atoms with Crippen molar-refractivity contribution >= 4 is 0 Å². The van der Waals surface area contributed by atoms with E-state index in [1.165, 1.54) is 0 Å². The Balaban J connectivity index is 4.25. The van der Waals surface area contributed by atoms with Crippen LogP contribution in [0.5, 0.6) is 0 Å². The molecule has 0 amide bonds. The first-order valence-electron chi connectivity index (χ1n) is 5.69. The minimum Gasteiger partial charge on any atom is -0.495 e. The number of rotatable bonds is 6. The molecule has 0 aliphatic heterocycles. The summed E-state index contributed by atoms with van der Waals surface area (Å²) in [6, 6.07) is 0. The summed E-state index contributed by atoms with van der Waals surface area (Å²) in [4.78, 5) is 0. The van der Waals surface area contributed by atoms with Gasteiger partial charge in [-0.25, -0.2) is 0 Å². The van der Waals surface area contributed by atoms with E-state index in [-0.39, 0.29) is 24.0 Å². The first-order valence-corrected chi connectivity index (χ1v) is 5.69. The molecule has 0 aromatic heterocycles. The van der Waals surface area contributed by atoms with Crippen LogP contribution in [0.15, 0.2) is 12.3 Å². The van der Waals surface area contributed by atoms with Crippen molar-refractivity contribution in [2.24, 2.45) is 10.8 Å². The second kappa shape index (κ2) is 5.69. The van der Waals surface area contributed by atoms with Gasteiger partial charge in [0, 0.05) is 5.41 Å². The number of hydrogen-bond donors (Lipinski definition) is 2. The zero-order chi connectivity index (χ0) is 13.0. The SMILES string of the molecule is C=C(OCC(O)CO)C(C)(C)CC(C)(C)C. The molecule has 0 rings (SSSR count). The summed E-state index contributed by atoms with van der Waals surface area (Å²) in [6.45, 7) is 14.4. The molecule has 0 saturated carbocycles. The largest absolute Gasteiger partial charge is 0.495 e. The van der Waals surface area contributed by atoms with E-state index in [0.29, 0.717) is 5.76 Å². The summed E-state index contributed by atoms with van der Waals surface area (Å²) in [5.74, 6) is 0.662. The van der Waals surface area contributed by atoms with Crippen molar-refractivity contribution in [3.63, 3.8) is 0 Å². The maximum absolute atomic E-state index is 9.19. The van der Waals surface area contributed by atoms with Crippen LogP contribution in [0.25, 0.3) is 0 Å². The van der Waals surface area contributed by atoms with E-state index in [4.69, 9.17) is 9.84 Å². The highest BCUT2D eigenvalue weighted by Gasteiger charge is 2.29. The minimum atomic E-state index is -0.831. The molecule has 0 aromatic carbocycles. The third kappa shape index (κ3) is 6.13. The summed E-state index contributed by atoms with van der Waals surface area (Å²) >= 11 is 0. The number of allylic oxidation sites excluding steroid dienone is 1. The van der Waals surface area contributed by atoms with Gasteiger partial charge in [0.1, 0.15) is 12.7 Å². The second-order valence-corrected chi connectivity index (χ2v) is 6.19. The van der Waals surface area contributed by atoms with E-state index in [1.807, 2.05) is 0 Å². The van der Waals surface area contributed by atoms with E-state index >= 15 is 0 Å². The highest BCUT2D eigenvalue weighted by atomic mass is 16.5. The average molecular weight is 230 g/mol. The maximum Gasteiger partial charge on any atom is 0.116 e. The molecule has 0 aromatic rings. The van der Waals surface area contributed by atoms with Crippen molar-refractivity contribution in [3.05, 3.63) is 12.3 Å². The average Bonchev–Trinajstić information content (AvgIpc) is 2.09. The van der Waals surface area contributed by atoms with Crippen molar-refractivity contribution in [1.29, 1.82) is 0 Å². The predicted octanol–water partition coefficient (Wildman–Crippen LogP) is 2.33. The molecule has 0 bridgehead atoms. The number of aliphatic hydroxyl groups excluding tert-OH is 2. The highest BCUT2D eigenvalue weighted by Crippen LogP contribution is 2.38. The zero-order valence-electron chi connectivity index (χ0n) is 11.2. The predicted molar refractivity (Wildman–Crippen MR) is 66.0 cm³/mol. The third-order valence-electron chi connectivity index (χ3n) is 2.39. The van der Waals surface area contributed by atoms with Gasteiger partial charge in [-0.05, 0) is 11.8 Å². The lowest BCUT2D eigenvalue weighted by Crippen LogP contribution is -2.26. The van der Waals surface area contributed by atoms with Crippen LogP contribution in [0.2, 0.25) is 0 Å². The van der Waals surface area contributed by atoms with Gasteiger partial charge in [0.2, 0.25) is 0 Å². The fraction of sp³-hybridized carbons (Fsp3) is 0.846. The molecule has 96 valence electrons. The van der Waals surface area contributed by atoms with Crippen molar-refractivity contribution in [2.75, 3.05) is 13.2 Å². The molecule has 0 aliphatic carbocycles. The van der Waals surface area contributed by atoms with Crippen LogP contribution in [0, 0.1) is 10.8 Å².